The number of aromatic hydroxyl groups is 1. The lowest BCUT2D eigenvalue weighted by Crippen LogP contribution is -1.89. The minimum absolute atomic E-state index is 0.290. The van der Waals surface area contributed by atoms with Crippen molar-refractivity contribution in [1.82, 2.24) is 0 Å². The molecule has 0 unspecified atom stereocenters. The number of carboxylic acid groups (broad SMARTS) is 1. The van der Waals surface area contributed by atoms with Gasteiger partial charge in [0.1, 0.15) is 5.75 Å². The molecule has 112 valence electrons. The molecule has 0 aromatic heterocycles. The van der Waals surface area contributed by atoms with E-state index in [1.807, 2.05) is 61.5 Å². The first kappa shape index (κ1) is 15.6. The van der Waals surface area contributed by atoms with Gasteiger partial charge >= 0.3 is 5.97 Å². The summed E-state index contributed by atoms with van der Waals surface area (Å²) < 4.78 is 0. The number of hydrogen-bond acceptors (Lipinski definition) is 2. The Hall–Kier alpha value is -2.81. The third kappa shape index (κ3) is 4.09. The first-order valence-electron chi connectivity index (χ1n) is 7.02. The van der Waals surface area contributed by atoms with E-state index in [1.54, 1.807) is 6.08 Å². The number of para-hydroxylation sites is 1. The standard InChI is InChI=1S/C19H18O3/c1-14-6-4-10-17(19(14)22)11-5-9-15-7-2-3-8-16(15)12-13-18(20)21/h2-8,10-13,22H,9H2,1H3,(H,20,21). The van der Waals surface area contributed by atoms with Crippen LogP contribution in [0.5, 0.6) is 5.75 Å². The molecule has 3 nitrogen and oxygen atoms in total. The first-order chi connectivity index (χ1) is 10.6. The Labute approximate surface area is 129 Å². The highest BCUT2D eigenvalue weighted by Gasteiger charge is 2.00. The molecule has 2 rings (SSSR count). The average Bonchev–Trinajstić information content (AvgIpc) is 2.50. The summed E-state index contributed by atoms with van der Waals surface area (Å²) in [6.07, 6.45) is 7.22. The van der Waals surface area contributed by atoms with Gasteiger partial charge in [0.25, 0.3) is 0 Å². The lowest BCUT2D eigenvalue weighted by atomic mass is 10.0. The van der Waals surface area contributed by atoms with E-state index in [0.29, 0.717) is 6.42 Å². The Morgan fingerprint density at radius 1 is 1.05 bits per heavy atom. The average molecular weight is 294 g/mol. The first-order valence-corrected chi connectivity index (χ1v) is 7.02. The second kappa shape index (κ2) is 7.27. The summed E-state index contributed by atoms with van der Waals surface area (Å²) in [5.74, 6) is -0.673. The smallest absolute Gasteiger partial charge is 0.328 e. The molecule has 0 aliphatic heterocycles. The fourth-order valence-electron chi connectivity index (χ4n) is 2.17. The second-order valence-electron chi connectivity index (χ2n) is 4.99. The monoisotopic (exact) mass is 294 g/mol. The number of phenols is 1. The van der Waals surface area contributed by atoms with Crippen molar-refractivity contribution in [2.24, 2.45) is 0 Å². The van der Waals surface area contributed by atoms with Crippen LogP contribution in [0.2, 0.25) is 0 Å². The van der Waals surface area contributed by atoms with E-state index in [4.69, 9.17) is 5.11 Å². The maximum absolute atomic E-state index is 10.6. The highest BCUT2D eigenvalue weighted by Crippen LogP contribution is 2.23. The van der Waals surface area contributed by atoms with Crippen molar-refractivity contribution in [2.75, 3.05) is 0 Å². The molecule has 0 saturated heterocycles. The van der Waals surface area contributed by atoms with Gasteiger partial charge in [-0.2, -0.15) is 0 Å². The molecule has 0 radical (unpaired) electrons. The van der Waals surface area contributed by atoms with Crippen LogP contribution in [-0.2, 0) is 11.2 Å². The van der Waals surface area contributed by atoms with Gasteiger partial charge in [-0.05, 0) is 36.1 Å². The Morgan fingerprint density at radius 2 is 1.77 bits per heavy atom. The SMILES string of the molecule is Cc1cccc(C=CCc2ccccc2C=CC(=O)O)c1O. The quantitative estimate of drug-likeness (QED) is 0.818. The number of aliphatic carboxylic acids is 1. The topological polar surface area (TPSA) is 57.5 Å². The van der Waals surface area contributed by atoms with Gasteiger partial charge in [0, 0.05) is 11.6 Å². The lowest BCUT2D eigenvalue weighted by Gasteiger charge is -2.04. The van der Waals surface area contributed by atoms with Crippen LogP contribution in [0.15, 0.2) is 54.6 Å². The number of aryl methyl sites for hydroxylation is 1. The van der Waals surface area contributed by atoms with Crippen molar-refractivity contribution in [3.8, 4) is 5.75 Å². The maximum Gasteiger partial charge on any atom is 0.328 e. The predicted octanol–water partition coefficient (Wildman–Crippen LogP) is 4.05. The maximum atomic E-state index is 10.6. The molecular formula is C19H18O3. The number of benzene rings is 2. The molecule has 2 aromatic rings. The summed E-state index contributed by atoms with van der Waals surface area (Å²) >= 11 is 0. The van der Waals surface area contributed by atoms with Crippen LogP contribution in [0.25, 0.3) is 12.2 Å². The van der Waals surface area contributed by atoms with Crippen LogP contribution in [0.3, 0.4) is 0 Å². The summed E-state index contributed by atoms with van der Waals surface area (Å²) in [7, 11) is 0. The summed E-state index contributed by atoms with van der Waals surface area (Å²) in [5, 5.41) is 18.7. The Kier molecular flexibility index (Phi) is 5.15. The lowest BCUT2D eigenvalue weighted by molar-refractivity contribution is -0.131. The zero-order valence-corrected chi connectivity index (χ0v) is 12.4. The predicted molar refractivity (Wildman–Crippen MR) is 88.7 cm³/mol. The largest absolute Gasteiger partial charge is 0.507 e. The normalized spacial score (nSPS) is 11.3. The van der Waals surface area contributed by atoms with E-state index in [0.717, 1.165) is 28.3 Å². The zero-order valence-electron chi connectivity index (χ0n) is 12.4. The Bertz CT molecular complexity index is 727. The molecule has 0 spiro atoms. The van der Waals surface area contributed by atoms with Crippen LogP contribution in [-0.4, -0.2) is 16.2 Å². The van der Waals surface area contributed by atoms with E-state index in [2.05, 4.69) is 0 Å². The van der Waals surface area contributed by atoms with Crippen molar-refractivity contribution in [1.29, 1.82) is 0 Å². The molecule has 0 fully saturated rings. The number of carboxylic acids is 1. The number of carbonyl (C=O) groups is 1. The molecular weight excluding hydrogens is 276 g/mol. The number of allylic oxidation sites excluding steroid dienone is 1. The molecule has 22 heavy (non-hydrogen) atoms. The van der Waals surface area contributed by atoms with Crippen LogP contribution in [0.1, 0.15) is 22.3 Å². The molecule has 0 heterocycles. The van der Waals surface area contributed by atoms with E-state index in [-0.39, 0.29) is 5.75 Å². The van der Waals surface area contributed by atoms with E-state index in [9.17, 15) is 9.90 Å². The molecule has 2 N–H and O–H groups in total. The van der Waals surface area contributed by atoms with Gasteiger partial charge in [-0.15, -0.1) is 0 Å². The third-order valence-corrected chi connectivity index (χ3v) is 3.36. The second-order valence-corrected chi connectivity index (χ2v) is 4.99. The van der Waals surface area contributed by atoms with Crippen molar-refractivity contribution in [3.05, 3.63) is 76.9 Å². The van der Waals surface area contributed by atoms with Crippen LogP contribution < -0.4 is 0 Å². The van der Waals surface area contributed by atoms with E-state index < -0.39 is 5.97 Å². The third-order valence-electron chi connectivity index (χ3n) is 3.36. The summed E-state index contributed by atoms with van der Waals surface area (Å²) in [6, 6.07) is 13.3. The van der Waals surface area contributed by atoms with Gasteiger partial charge in [0.2, 0.25) is 0 Å². The van der Waals surface area contributed by atoms with Gasteiger partial charge in [0.15, 0.2) is 0 Å². The Morgan fingerprint density at radius 3 is 2.55 bits per heavy atom. The zero-order chi connectivity index (χ0) is 15.9. The number of phenolic OH excluding ortho intramolecular Hbond substituents is 1. The summed E-state index contributed by atoms with van der Waals surface area (Å²) in [4.78, 5) is 10.6. The highest BCUT2D eigenvalue weighted by atomic mass is 16.4. The molecule has 0 aliphatic rings. The van der Waals surface area contributed by atoms with Gasteiger partial charge < -0.3 is 10.2 Å². The molecule has 0 saturated carbocycles. The van der Waals surface area contributed by atoms with Crippen LogP contribution in [0.4, 0.5) is 0 Å². The van der Waals surface area contributed by atoms with Crippen LogP contribution >= 0.6 is 0 Å². The minimum Gasteiger partial charge on any atom is -0.507 e. The van der Waals surface area contributed by atoms with E-state index >= 15 is 0 Å². The summed E-state index contributed by atoms with van der Waals surface area (Å²) in [6.45, 7) is 1.86. The fraction of sp³-hybridized carbons (Fsp3) is 0.105. The molecule has 0 amide bonds. The Balaban J connectivity index is 2.16. The fourth-order valence-corrected chi connectivity index (χ4v) is 2.17. The van der Waals surface area contributed by atoms with Gasteiger partial charge in [-0.3, -0.25) is 0 Å². The number of hydrogen-bond donors (Lipinski definition) is 2. The molecule has 3 heteroatoms. The van der Waals surface area contributed by atoms with Crippen molar-refractivity contribution in [3.63, 3.8) is 0 Å². The molecule has 2 aromatic carbocycles. The van der Waals surface area contributed by atoms with Crippen LogP contribution in [0, 0.1) is 6.92 Å². The summed E-state index contributed by atoms with van der Waals surface area (Å²) in [5.41, 5.74) is 3.52. The molecule has 0 aliphatic carbocycles. The van der Waals surface area contributed by atoms with Crippen molar-refractivity contribution in [2.45, 2.75) is 13.3 Å². The molecule has 0 bridgehead atoms. The minimum atomic E-state index is -0.963. The van der Waals surface area contributed by atoms with Crippen molar-refractivity contribution >= 4 is 18.1 Å². The van der Waals surface area contributed by atoms with Gasteiger partial charge in [-0.25, -0.2) is 4.79 Å². The van der Waals surface area contributed by atoms with Crippen molar-refractivity contribution < 1.29 is 15.0 Å². The van der Waals surface area contributed by atoms with E-state index in [1.165, 1.54) is 0 Å². The number of rotatable bonds is 5. The van der Waals surface area contributed by atoms with Gasteiger partial charge in [0.05, 0.1) is 0 Å². The molecule has 0 atom stereocenters. The highest BCUT2D eigenvalue weighted by molar-refractivity contribution is 5.85. The van der Waals surface area contributed by atoms with Gasteiger partial charge in [-0.1, -0.05) is 54.6 Å².